The highest BCUT2D eigenvalue weighted by Crippen LogP contribution is 2.34. The zero-order valence-electron chi connectivity index (χ0n) is 17.0. The van der Waals surface area contributed by atoms with E-state index in [-0.39, 0.29) is 0 Å². The molecule has 0 amide bonds. The Morgan fingerprint density at radius 2 is 1.71 bits per heavy atom. The second-order valence-corrected chi connectivity index (χ2v) is 10.1. The first-order valence-electron chi connectivity index (χ1n) is 10.6. The molecule has 0 atom stereocenters. The van der Waals surface area contributed by atoms with Gasteiger partial charge in [-0.15, -0.1) is 0 Å². The Kier molecular flexibility index (Phi) is 7.55. The second-order valence-electron chi connectivity index (χ2n) is 8.43. The van der Waals surface area contributed by atoms with Crippen LogP contribution in [0.5, 0.6) is 0 Å². The number of nitrogens with two attached hydrogens (primary N) is 1. The van der Waals surface area contributed by atoms with Crippen molar-refractivity contribution in [2.24, 2.45) is 11.1 Å². The molecule has 28 heavy (non-hydrogen) atoms. The third-order valence-corrected chi connectivity index (χ3v) is 6.12. The molecule has 1 saturated heterocycles. The van der Waals surface area contributed by atoms with Crippen molar-refractivity contribution < 1.29 is 12.8 Å². The maximum Gasteiger partial charge on any atom is 0.206 e. The van der Waals surface area contributed by atoms with E-state index in [4.69, 9.17) is 4.42 Å². The van der Waals surface area contributed by atoms with Gasteiger partial charge in [-0.2, -0.15) is 0 Å². The maximum atomic E-state index is 9.41. The molecule has 6 heteroatoms. The van der Waals surface area contributed by atoms with Crippen LogP contribution in [0.15, 0.2) is 34.9 Å². The summed E-state index contributed by atoms with van der Waals surface area (Å²) in [6, 6.07) is 8.48. The molecule has 0 radical (unpaired) electrons. The van der Waals surface area contributed by atoms with E-state index in [0.717, 1.165) is 17.8 Å². The Morgan fingerprint density at radius 1 is 1.07 bits per heavy atom. The molecule has 0 bridgehead atoms. The van der Waals surface area contributed by atoms with Crippen LogP contribution in [0, 0.1) is 5.92 Å². The molecule has 2 heterocycles. The molecule has 4 rings (SSSR count). The number of furan rings is 1. The molecule has 0 spiro atoms. The monoisotopic (exact) mass is 406 g/mol. The molecule has 0 unspecified atom stereocenters. The predicted molar refractivity (Wildman–Crippen MR) is 115 cm³/mol. The summed E-state index contributed by atoms with van der Waals surface area (Å²) in [5.41, 5.74) is 2.48. The van der Waals surface area contributed by atoms with Gasteiger partial charge in [0, 0.05) is 10.9 Å². The maximum absolute atomic E-state index is 9.41. The van der Waals surface area contributed by atoms with Crippen molar-refractivity contribution in [1.29, 1.82) is 0 Å². The number of likely N-dealkylation sites (tertiary alicyclic amines) is 1. The minimum atomic E-state index is -3.17. The Labute approximate surface area is 169 Å². The third-order valence-electron chi connectivity index (χ3n) is 6.12. The first-order valence-corrected chi connectivity index (χ1v) is 12.5. The van der Waals surface area contributed by atoms with E-state index in [1.807, 2.05) is 6.26 Å². The fraction of sp³-hybridized carbons (Fsp3) is 0.636. The van der Waals surface area contributed by atoms with Gasteiger partial charge in [0.1, 0.15) is 5.58 Å². The topological polar surface area (TPSA) is 76.5 Å². The van der Waals surface area contributed by atoms with Crippen LogP contribution in [0.1, 0.15) is 62.8 Å². The van der Waals surface area contributed by atoms with Gasteiger partial charge in [0.05, 0.1) is 12.5 Å². The molecule has 2 fully saturated rings. The highest BCUT2D eigenvalue weighted by atomic mass is 32.2. The minimum absolute atomic E-state index is 0.685. The molecule has 156 valence electrons. The van der Waals surface area contributed by atoms with Crippen LogP contribution in [0.3, 0.4) is 0 Å². The Balaban J connectivity index is 0.000000403. The van der Waals surface area contributed by atoms with Crippen LogP contribution >= 0.6 is 0 Å². The van der Waals surface area contributed by atoms with Crippen molar-refractivity contribution in [3.8, 4) is 0 Å². The molecule has 2 aromatic rings. The number of fused-ring (bicyclic) bond motifs is 1. The largest absolute Gasteiger partial charge is 0.464 e. The fourth-order valence-electron chi connectivity index (χ4n) is 4.62. The lowest BCUT2D eigenvalue weighted by molar-refractivity contribution is 0.189. The van der Waals surface area contributed by atoms with Gasteiger partial charge < -0.3 is 9.32 Å². The Hall–Kier alpha value is -1.37. The summed E-state index contributed by atoms with van der Waals surface area (Å²) in [5.74, 6) is 1.70. The van der Waals surface area contributed by atoms with Gasteiger partial charge in [-0.05, 0) is 56.8 Å². The molecule has 1 aromatic carbocycles. The van der Waals surface area contributed by atoms with Crippen molar-refractivity contribution >= 4 is 21.0 Å². The minimum Gasteiger partial charge on any atom is -0.464 e. The summed E-state index contributed by atoms with van der Waals surface area (Å²) in [6.45, 7) is 3.84. The van der Waals surface area contributed by atoms with E-state index in [1.165, 1.54) is 82.0 Å². The molecular formula is C22H34N2O3S. The zero-order chi connectivity index (χ0) is 20.0. The average molecular weight is 407 g/mol. The van der Waals surface area contributed by atoms with E-state index in [0.29, 0.717) is 5.92 Å². The van der Waals surface area contributed by atoms with E-state index in [2.05, 4.69) is 34.3 Å². The van der Waals surface area contributed by atoms with Crippen molar-refractivity contribution in [1.82, 2.24) is 4.90 Å². The molecule has 2 aliphatic rings. The summed E-state index contributed by atoms with van der Waals surface area (Å²) >= 11 is 0. The van der Waals surface area contributed by atoms with E-state index < -0.39 is 10.0 Å². The standard InChI is InChI=1S/C21H29NO.CH5NO2S/c1-2-6-17(7-3-1)10-13-22-14-11-18(12-15-22)20-16-23-21-9-5-4-8-19(20)21;1-5(2,3)4/h4-5,8-9,16-18H,1-3,6-7,10-15H2;1H3,(H2,2,3,4). The Bertz CT molecular complexity index is 824. The smallest absolute Gasteiger partial charge is 0.206 e. The van der Waals surface area contributed by atoms with Crippen LogP contribution in [-0.4, -0.2) is 39.2 Å². The summed E-state index contributed by atoms with van der Waals surface area (Å²) < 4.78 is 24.6. The lowest BCUT2D eigenvalue weighted by atomic mass is 9.86. The molecule has 2 N–H and O–H groups in total. The highest BCUT2D eigenvalue weighted by Gasteiger charge is 2.24. The zero-order valence-corrected chi connectivity index (χ0v) is 17.8. The van der Waals surface area contributed by atoms with Gasteiger partial charge in [-0.3, -0.25) is 0 Å². The Morgan fingerprint density at radius 3 is 2.39 bits per heavy atom. The summed E-state index contributed by atoms with van der Waals surface area (Å²) in [4.78, 5) is 2.70. The molecule has 1 aromatic heterocycles. The number of benzene rings is 1. The number of nitrogens with zero attached hydrogens (tertiary/aromatic N) is 1. The van der Waals surface area contributed by atoms with Gasteiger partial charge in [0.2, 0.25) is 10.0 Å². The highest BCUT2D eigenvalue weighted by molar-refractivity contribution is 7.88. The SMILES string of the molecule is CS(N)(=O)=O.c1ccc2c(C3CCN(CCC4CCCCC4)CC3)coc2c1. The van der Waals surface area contributed by atoms with Crippen molar-refractivity contribution in [2.45, 2.75) is 57.3 Å². The van der Waals surface area contributed by atoms with E-state index in [9.17, 15) is 8.42 Å². The average Bonchev–Trinajstić information content (AvgIpc) is 3.10. The van der Waals surface area contributed by atoms with Crippen molar-refractivity contribution in [3.05, 3.63) is 36.1 Å². The number of primary sulfonamides is 1. The number of hydrogen-bond acceptors (Lipinski definition) is 4. The molecule has 1 aliphatic carbocycles. The lowest BCUT2D eigenvalue weighted by Gasteiger charge is -2.33. The van der Waals surface area contributed by atoms with Gasteiger partial charge >= 0.3 is 0 Å². The number of hydrogen-bond donors (Lipinski definition) is 1. The van der Waals surface area contributed by atoms with Crippen LogP contribution in [0.2, 0.25) is 0 Å². The van der Waals surface area contributed by atoms with E-state index >= 15 is 0 Å². The van der Waals surface area contributed by atoms with E-state index in [1.54, 1.807) is 0 Å². The first kappa shape index (κ1) is 21.3. The molecule has 1 aliphatic heterocycles. The number of sulfonamides is 1. The summed E-state index contributed by atoms with van der Waals surface area (Å²) in [7, 11) is -3.17. The third kappa shape index (κ3) is 6.61. The first-order chi connectivity index (χ1) is 13.4. The van der Waals surface area contributed by atoms with Gasteiger partial charge in [0.15, 0.2) is 0 Å². The molecule has 5 nitrogen and oxygen atoms in total. The summed E-state index contributed by atoms with van der Waals surface area (Å²) in [6.07, 6.45) is 14.3. The van der Waals surface area contributed by atoms with Crippen LogP contribution in [0.4, 0.5) is 0 Å². The quantitative estimate of drug-likeness (QED) is 0.812. The van der Waals surface area contributed by atoms with Crippen LogP contribution in [-0.2, 0) is 10.0 Å². The van der Waals surface area contributed by atoms with Gasteiger partial charge in [0.25, 0.3) is 0 Å². The molecule has 1 saturated carbocycles. The predicted octanol–water partition coefficient (Wildman–Crippen LogP) is 4.49. The fourth-order valence-corrected chi connectivity index (χ4v) is 4.62. The number of para-hydroxylation sites is 1. The molecular weight excluding hydrogens is 372 g/mol. The van der Waals surface area contributed by atoms with Crippen molar-refractivity contribution in [2.75, 3.05) is 25.9 Å². The van der Waals surface area contributed by atoms with Gasteiger partial charge in [-0.1, -0.05) is 50.3 Å². The second kappa shape index (κ2) is 9.90. The lowest BCUT2D eigenvalue weighted by Crippen LogP contribution is -2.34. The normalized spacial score (nSPS) is 20.1. The summed E-state index contributed by atoms with van der Waals surface area (Å²) in [5, 5.41) is 5.65. The van der Waals surface area contributed by atoms with Crippen LogP contribution < -0.4 is 5.14 Å². The van der Waals surface area contributed by atoms with Crippen LogP contribution in [0.25, 0.3) is 11.0 Å². The van der Waals surface area contributed by atoms with Gasteiger partial charge in [-0.25, -0.2) is 13.6 Å². The number of rotatable bonds is 4. The van der Waals surface area contributed by atoms with Crippen molar-refractivity contribution in [3.63, 3.8) is 0 Å². The number of piperidine rings is 1.